The third-order valence-corrected chi connectivity index (χ3v) is 3.59. The molecule has 3 rings (SSSR count). The van der Waals surface area contributed by atoms with E-state index in [4.69, 9.17) is 5.73 Å². The smallest absolute Gasteiger partial charge is 0.0738 e. The molecule has 1 aliphatic rings. The summed E-state index contributed by atoms with van der Waals surface area (Å²) in [6, 6.07) is 10.7. The summed E-state index contributed by atoms with van der Waals surface area (Å²) >= 11 is 0. The summed E-state index contributed by atoms with van der Waals surface area (Å²) in [6.45, 7) is 2.04. The highest BCUT2D eigenvalue weighted by Gasteiger charge is 2.15. The molecule has 0 amide bonds. The van der Waals surface area contributed by atoms with E-state index in [1.54, 1.807) is 6.20 Å². The van der Waals surface area contributed by atoms with Crippen LogP contribution in [0.5, 0.6) is 0 Å². The van der Waals surface area contributed by atoms with Gasteiger partial charge in [-0.05, 0) is 30.0 Å². The molecule has 2 N–H and O–H groups in total. The number of nitrogen functional groups attached to an aromatic ring is 1. The Balaban J connectivity index is 1.85. The van der Waals surface area contributed by atoms with Gasteiger partial charge in [0.05, 0.1) is 17.6 Å². The van der Waals surface area contributed by atoms with Gasteiger partial charge in [-0.25, -0.2) is 0 Å². The number of benzene rings is 1. The van der Waals surface area contributed by atoms with Gasteiger partial charge in [-0.15, -0.1) is 0 Å². The fourth-order valence-corrected chi connectivity index (χ4v) is 2.60. The number of pyridine rings is 1. The average molecular weight is 239 g/mol. The van der Waals surface area contributed by atoms with Crippen LogP contribution in [0.2, 0.25) is 0 Å². The second-order valence-corrected chi connectivity index (χ2v) is 4.69. The molecular formula is C15H17N3. The second kappa shape index (κ2) is 4.69. The summed E-state index contributed by atoms with van der Waals surface area (Å²) in [5, 5.41) is 0. The van der Waals surface area contributed by atoms with Crippen LogP contribution in [-0.4, -0.2) is 18.1 Å². The van der Waals surface area contributed by atoms with Crippen LogP contribution in [0.15, 0.2) is 42.7 Å². The van der Waals surface area contributed by atoms with Crippen molar-refractivity contribution in [3.63, 3.8) is 0 Å². The summed E-state index contributed by atoms with van der Waals surface area (Å²) in [4.78, 5) is 6.41. The first kappa shape index (κ1) is 11.1. The van der Waals surface area contributed by atoms with E-state index < -0.39 is 0 Å². The predicted molar refractivity (Wildman–Crippen MR) is 74.7 cm³/mol. The van der Waals surface area contributed by atoms with E-state index >= 15 is 0 Å². The number of hydrogen-bond donors (Lipinski definition) is 1. The Hall–Kier alpha value is -2.03. The fraction of sp³-hybridized carbons (Fsp3) is 0.267. The van der Waals surface area contributed by atoms with Gasteiger partial charge in [0.2, 0.25) is 0 Å². The Bertz CT molecular complexity index is 524. The molecular weight excluding hydrogens is 222 g/mol. The molecule has 0 saturated carbocycles. The molecule has 2 aromatic rings. The predicted octanol–water partition coefficient (Wildman–Crippen LogP) is 2.27. The number of rotatable bonds is 1. The molecule has 0 aliphatic carbocycles. The Morgan fingerprint density at radius 2 is 1.67 bits per heavy atom. The summed E-state index contributed by atoms with van der Waals surface area (Å²) in [5.41, 5.74) is 10.8. The molecule has 3 heteroatoms. The van der Waals surface area contributed by atoms with Crippen LogP contribution in [0.1, 0.15) is 11.1 Å². The fourth-order valence-electron chi connectivity index (χ4n) is 2.60. The quantitative estimate of drug-likeness (QED) is 0.830. The zero-order valence-electron chi connectivity index (χ0n) is 10.3. The maximum atomic E-state index is 6.00. The first-order chi connectivity index (χ1) is 8.84. The van der Waals surface area contributed by atoms with Crippen LogP contribution in [0, 0.1) is 0 Å². The summed E-state index contributed by atoms with van der Waals surface area (Å²) in [7, 11) is 0. The highest BCUT2D eigenvalue weighted by Crippen LogP contribution is 2.24. The largest absolute Gasteiger partial charge is 0.396 e. The molecule has 0 spiro atoms. The maximum Gasteiger partial charge on any atom is 0.0738 e. The van der Waals surface area contributed by atoms with Gasteiger partial charge in [-0.3, -0.25) is 4.98 Å². The number of hydrogen-bond acceptors (Lipinski definition) is 3. The molecule has 1 aromatic heterocycles. The van der Waals surface area contributed by atoms with Crippen LogP contribution < -0.4 is 10.6 Å². The molecule has 3 nitrogen and oxygen atoms in total. The minimum absolute atomic E-state index is 0.767. The van der Waals surface area contributed by atoms with Crippen molar-refractivity contribution in [1.29, 1.82) is 0 Å². The molecule has 0 bridgehead atoms. The lowest BCUT2D eigenvalue weighted by Gasteiger charge is -2.23. The number of aromatic nitrogens is 1. The van der Waals surface area contributed by atoms with Crippen molar-refractivity contribution < 1.29 is 0 Å². The summed E-state index contributed by atoms with van der Waals surface area (Å²) in [6.07, 6.45) is 5.70. The number of fused-ring (bicyclic) bond motifs is 1. The monoisotopic (exact) mass is 239 g/mol. The van der Waals surface area contributed by atoms with E-state index in [1.165, 1.54) is 11.1 Å². The standard InChI is InChI=1S/C15H17N3/c16-14-11-17-8-5-15(14)18-9-6-12-3-1-2-4-13(12)7-10-18/h1-5,8,11H,6-7,9-10,16H2. The number of anilines is 2. The lowest BCUT2D eigenvalue weighted by atomic mass is 10.0. The molecule has 0 saturated heterocycles. The van der Waals surface area contributed by atoms with Gasteiger partial charge < -0.3 is 10.6 Å². The maximum absolute atomic E-state index is 6.00. The van der Waals surface area contributed by atoms with E-state index in [1.807, 2.05) is 12.3 Å². The molecule has 0 fully saturated rings. The van der Waals surface area contributed by atoms with Crippen molar-refractivity contribution >= 4 is 11.4 Å². The van der Waals surface area contributed by atoms with E-state index in [0.29, 0.717) is 0 Å². The van der Waals surface area contributed by atoms with Crippen molar-refractivity contribution in [3.05, 3.63) is 53.9 Å². The minimum atomic E-state index is 0.767. The van der Waals surface area contributed by atoms with Gasteiger partial charge in [-0.1, -0.05) is 24.3 Å². The molecule has 1 aliphatic heterocycles. The summed E-state index contributed by atoms with van der Waals surface area (Å²) in [5.74, 6) is 0. The Morgan fingerprint density at radius 3 is 2.28 bits per heavy atom. The first-order valence-electron chi connectivity index (χ1n) is 6.36. The van der Waals surface area contributed by atoms with Crippen LogP contribution in [0.25, 0.3) is 0 Å². The normalized spacial score (nSPS) is 15.0. The van der Waals surface area contributed by atoms with E-state index in [-0.39, 0.29) is 0 Å². The molecule has 1 aromatic carbocycles. The molecule has 2 heterocycles. The minimum Gasteiger partial charge on any atom is -0.396 e. The van der Waals surface area contributed by atoms with Crippen molar-refractivity contribution in [2.24, 2.45) is 0 Å². The summed E-state index contributed by atoms with van der Waals surface area (Å²) < 4.78 is 0. The number of nitrogens with two attached hydrogens (primary N) is 1. The van der Waals surface area contributed by atoms with Crippen molar-refractivity contribution in [1.82, 2.24) is 4.98 Å². The zero-order valence-corrected chi connectivity index (χ0v) is 10.3. The lowest BCUT2D eigenvalue weighted by Crippen LogP contribution is -2.26. The van der Waals surface area contributed by atoms with E-state index in [0.717, 1.165) is 37.3 Å². The third-order valence-electron chi connectivity index (χ3n) is 3.59. The lowest BCUT2D eigenvalue weighted by molar-refractivity contribution is 0.806. The topological polar surface area (TPSA) is 42.1 Å². The SMILES string of the molecule is Nc1cnccc1N1CCc2ccccc2CC1. The Labute approximate surface area is 107 Å². The Morgan fingerprint density at radius 1 is 1.00 bits per heavy atom. The number of nitrogens with zero attached hydrogens (tertiary/aromatic N) is 2. The molecule has 0 unspecified atom stereocenters. The van der Waals surface area contributed by atoms with E-state index in [2.05, 4.69) is 34.1 Å². The highest BCUT2D eigenvalue weighted by molar-refractivity contribution is 5.66. The molecule has 92 valence electrons. The van der Waals surface area contributed by atoms with Gasteiger partial charge in [-0.2, -0.15) is 0 Å². The Kier molecular flexibility index (Phi) is 2.89. The average Bonchev–Trinajstić information content (AvgIpc) is 2.62. The van der Waals surface area contributed by atoms with Gasteiger partial charge >= 0.3 is 0 Å². The van der Waals surface area contributed by atoms with Crippen LogP contribution in [-0.2, 0) is 12.8 Å². The van der Waals surface area contributed by atoms with Gasteiger partial charge in [0.25, 0.3) is 0 Å². The molecule has 0 atom stereocenters. The zero-order chi connectivity index (χ0) is 12.4. The van der Waals surface area contributed by atoms with Crippen molar-refractivity contribution in [2.75, 3.05) is 23.7 Å². The van der Waals surface area contributed by atoms with Gasteiger partial charge in [0.15, 0.2) is 0 Å². The van der Waals surface area contributed by atoms with Crippen molar-refractivity contribution in [2.45, 2.75) is 12.8 Å². The second-order valence-electron chi connectivity index (χ2n) is 4.69. The van der Waals surface area contributed by atoms with E-state index in [9.17, 15) is 0 Å². The highest BCUT2D eigenvalue weighted by atomic mass is 15.1. The molecule has 0 radical (unpaired) electrons. The van der Waals surface area contributed by atoms with Crippen LogP contribution >= 0.6 is 0 Å². The first-order valence-corrected chi connectivity index (χ1v) is 6.36. The van der Waals surface area contributed by atoms with Crippen LogP contribution in [0.4, 0.5) is 11.4 Å². The van der Waals surface area contributed by atoms with Gasteiger partial charge in [0.1, 0.15) is 0 Å². The van der Waals surface area contributed by atoms with Gasteiger partial charge in [0, 0.05) is 19.3 Å². The van der Waals surface area contributed by atoms with Crippen LogP contribution in [0.3, 0.4) is 0 Å². The molecule has 18 heavy (non-hydrogen) atoms. The van der Waals surface area contributed by atoms with Crippen molar-refractivity contribution in [3.8, 4) is 0 Å². The third kappa shape index (κ3) is 2.04.